The smallest absolute Gasteiger partial charge is 0.367 e. The molecule has 1 amide bonds. The van der Waals surface area contributed by atoms with Crippen molar-refractivity contribution >= 4 is 11.7 Å². The fraction of sp³-hybridized carbons (Fsp3) is 0.429. The molecular formula is C21H20F6N8O2. The summed E-state index contributed by atoms with van der Waals surface area (Å²) in [5, 5.41) is 6.75. The highest BCUT2D eigenvalue weighted by atomic mass is 19.4. The van der Waals surface area contributed by atoms with Crippen LogP contribution >= 0.6 is 0 Å². The summed E-state index contributed by atoms with van der Waals surface area (Å²) in [6.07, 6.45) is -6.36. The van der Waals surface area contributed by atoms with Crippen LogP contribution in [0.1, 0.15) is 28.8 Å². The third-order valence-electron chi connectivity index (χ3n) is 5.71. The van der Waals surface area contributed by atoms with E-state index in [9.17, 15) is 31.1 Å². The molecule has 10 nitrogen and oxygen atoms in total. The molecule has 0 spiro atoms. The molecule has 0 bridgehead atoms. The summed E-state index contributed by atoms with van der Waals surface area (Å²) >= 11 is 0. The van der Waals surface area contributed by atoms with Gasteiger partial charge in [0, 0.05) is 19.3 Å². The first-order chi connectivity index (χ1) is 17.3. The number of aromatic nitrogens is 6. The molecule has 1 aliphatic rings. The van der Waals surface area contributed by atoms with Crippen molar-refractivity contribution in [2.45, 2.75) is 38.3 Å². The van der Waals surface area contributed by atoms with Crippen LogP contribution in [0, 0.1) is 12.7 Å². The molecule has 3 aromatic heterocycles. The van der Waals surface area contributed by atoms with Gasteiger partial charge >= 0.3 is 12.3 Å². The molecule has 198 valence electrons. The Morgan fingerprint density at radius 3 is 2.54 bits per heavy atom. The molecule has 1 fully saturated rings. The Bertz CT molecular complexity index is 1300. The van der Waals surface area contributed by atoms with Crippen LogP contribution in [0.3, 0.4) is 0 Å². The molecule has 0 saturated carbocycles. The van der Waals surface area contributed by atoms with E-state index >= 15 is 0 Å². The maximum atomic E-state index is 14.4. The van der Waals surface area contributed by atoms with Gasteiger partial charge in [-0.3, -0.25) is 14.5 Å². The van der Waals surface area contributed by atoms with Crippen molar-refractivity contribution in [3.63, 3.8) is 0 Å². The Labute approximate surface area is 205 Å². The number of nitrogens with zero attached hydrogens (tertiary/aromatic N) is 7. The van der Waals surface area contributed by atoms with E-state index in [2.05, 4.69) is 30.4 Å². The number of carbonyl (C=O) groups is 1. The van der Waals surface area contributed by atoms with Crippen LogP contribution in [0.4, 0.5) is 32.2 Å². The van der Waals surface area contributed by atoms with E-state index < -0.39 is 48.4 Å². The first kappa shape index (κ1) is 26.2. The molecule has 0 aliphatic carbocycles. The SMILES string of the molecule is Cc1c(-c2ncc(F)cn2)c(C(=O)N2CC(F)(F)O[C@@H](C)[C@H]2CNc2cncc(C(F)(F)F)n2)nn1C. The van der Waals surface area contributed by atoms with Gasteiger partial charge in [0.25, 0.3) is 5.91 Å². The van der Waals surface area contributed by atoms with Crippen LogP contribution in [0.15, 0.2) is 24.8 Å². The number of morpholine rings is 1. The van der Waals surface area contributed by atoms with Gasteiger partial charge in [-0.15, -0.1) is 0 Å². The topological polar surface area (TPSA) is 111 Å². The van der Waals surface area contributed by atoms with E-state index in [1.54, 1.807) is 6.92 Å². The number of hydrogen-bond donors (Lipinski definition) is 1. The van der Waals surface area contributed by atoms with E-state index in [1.165, 1.54) is 18.7 Å². The van der Waals surface area contributed by atoms with Gasteiger partial charge in [-0.2, -0.15) is 27.1 Å². The fourth-order valence-electron chi connectivity index (χ4n) is 3.86. The summed E-state index contributed by atoms with van der Waals surface area (Å²) in [7, 11) is 1.51. The van der Waals surface area contributed by atoms with Crippen LogP contribution < -0.4 is 5.32 Å². The summed E-state index contributed by atoms with van der Waals surface area (Å²) < 4.78 is 87.1. The zero-order valence-corrected chi connectivity index (χ0v) is 19.6. The molecule has 3 aromatic rings. The number of aryl methyl sites for hydroxylation is 1. The third kappa shape index (κ3) is 5.47. The van der Waals surface area contributed by atoms with Crippen LogP contribution in [0.5, 0.6) is 0 Å². The Balaban J connectivity index is 1.67. The van der Waals surface area contributed by atoms with Crippen LogP contribution in [-0.4, -0.2) is 71.9 Å². The monoisotopic (exact) mass is 530 g/mol. The van der Waals surface area contributed by atoms with Gasteiger partial charge in [-0.05, 0) is 13.8 Å². The largest absolute Gasteiger partial charge is 0.434 e. The first-order valence-electron chi connectivity index (χ1n) is 10.8. The zero-order chi connectivity index (χ0) is 27.1. The number of anilines is 1. The molecule has 2 atom stereocenters. The van der Waals surface area contributed by atoms with E-state index in [0.717, 1.165) is 23.5 Å². The van der Waals surface area contributed by atoms with Gasteiger partial charge in [0.05, 0.1) is 42.5 Å². The standard InChI is InChI=1S/C21H20F6N8O2/c1-10-16(18-30-4-12(22)5-31-18)17(33-34(10)3)19(36)35-9-20(23,24)37-11(2)13(35)6-29-15-8-28-7-14(32-15)21(25,26)27/h4-5,7-8,11,13H,6,9H2,1-3H3,(H,29,32)/t11-,13+/m0/s1. The maximum Gasteiger partial charge on any atom is 0.434 e. The predicted molar refractivity (Wildman–Crippen MR) is 115 cm³/mol. The van der Waals surface area contributed by atoms with Crippen molar-refractivity contribution in [3.05, 3.63) is 47.7 Å². The minimum atomic E-state index is -4.74. The van der Waals surface area contributed by atoms with Crippen molar-refractivity contribution in [2.24, 2.45) is 7.05 Å². The minimum Gasteiger partial charge on any atom is -0.367 e. The van der Waals surface area contributed by atoms with E-state index in [0.29, 0.717) is 11.9 Å². The molecule has 0 radical (unpaired) electrons. The highest BCUT2D eigenvalue weighted by molar-refractivity contribution is 5.99. The quantitative estimate of drug-likeness (QED) is 0.502. The first-order valence-corrected chi connectivity index (χ1v) is 10.8. The molecule has 4 heterocycles. The lowest BCUT2D eigenvalue weighted by molar-refractivity contribution is -0.298. The number of hydrogen-bond acceptors (Lipinski definition) is 8. The molecule has 1 saturated heterocycles. The number of nitrogens with one attached hydrogen (secondary N) is 1. The molecule has 37 heavy (non-hydrogen) atoms. The highest BCUT2D eigenvalue weighted by Gasteiger charge is 2.48. The number of halogens is 6. The second-order valence-electron chi connectivity index (χ2n) is 8.29. The van der Waals surface area contributed by atoms with Crippen molar-refractivity contribution in [1.82, 2.24) is 34.6 Å². The summed E-state index contributed by atoms with van der Waals surface area (Å²) in [5.74, 6) is -1.97. The molecular weight excluding hydrogens is 510 g/mol. The Morgan fingerprint density at radius 1 is 1.22 bits per heavy atom. The fourth-order valence-corrected chi connectivity index (χ4v) is 3.86. The average molecular weight is 530 g/mol. The number of amides is 1. The van der Waals surface area contributed by atoms with Crippen molar-refractivity contribution < 1.29 is 35.9 Å². The lowest BCUT2D eigenvalue weighted by atomic mass is 10.1. The Kier molecular flexibility index (Phi) is 6.79. The second kappa shape index (κ2) is 9.57. The Morgan fingerprint density at radius 2 is 1.89 bits per heavy atom. The molecule has 1 N–H and O–H groups in total. The van der Waals surface area contributed by atoms with Gasteiger partial charge in [-0.25, -0.2) is 19.3 Å². The molecule has 1 aliphatic heterocycles. The van der Waals surface area contributed by atoms with Gasteiger partial charge in [-0.1, -0.05) is 0 Å². The van der Waals surface area contributed by atoms with Crippen LogP contribution in [0.25, 0.3) is 11.4 Å². The third-order valence-corrected chi connectivity index (χ3v) is 5.71. The van der Waals surface area contributed by atoms with Crippen molar-refractivity contribution in [1.29, 1.82) is 0 Å². The van der Waals surface area contributed by atoms with Gasteiger partial charge < -0.3 is 15.0 Å². The van der Waals surface area contributed by atoms with Gasteiger partial charge in [0.2, 0.25) is 0 Å². The minimum absolute atomic E-state index is 0.0441. The van der Waals surface area contributed by atoms with Gasteiger partial charge in [0.1, 0.15) is 12.4 Å². The summed E-state index contributed by atoms with van der Waals surface area (Å²) in [6.45, 7) is 1.43. The number of rotatable bonds is 5. The number of alkyl halides is 5. The summed E-state index contributed by atoms with van der Waals surface area (Å²) in [6, 6.07) is -1.08. The number of ether oxygens (including phenoxy) is 1. The molecule has 16 heteroatoms. The lowest BCUT2D eigenvalue weighted by Gasteiger charge is -2.43. The van der Waals surface area contributed by atoms with E-state index in [1.807, 2.05) is 0 Å². The van der Waals surface area contributed by atoms with Gasteiger partial charge in [0.15, 0.2) is 23.0 Å². The van der Waals surface area contributed by atoms with Crippen molar-refractivity contribution in [2.75, 3.05) is 18.4 Å². The summed E-state index contributed by atoms with van der Waals surface area (Å²) in [5.41, 5.74) is -0.986. The zero-order valence-electron chi connectivity index (χ0n) is 19.6. The molecule has 4 rings (SSSR count). The number of carbonyl (C=O) groups excluding carboxylic acids is 1. The highest BCUT2D eigenvalue weighted by Crippen LogP contribution is 2.33. The van der Waals surface area contributed by atoms with E-state index in [4.69, 9.17) is 4.74 Å². The predicted octanol–water partition coefficient (Wildman–Crippen LogP) is 3.07. The second-order valence-corrected chi connectivity index (χ2v) is 8.29. The molecule has 0 unspecified atom stereocenters. The normalized spacial score (nSPS) is 19.6. The maximum absolute atomic E-state index is 14.4. The summed E-state index contributed by atoms with van der Waals surface area (Å²) in [4.78, 5) is 29.1. The van der Waals surface area contributed by atoms with Crippen LogP contribution in [-0.2, 0) is 18.0 Å². The Hall–Kier alpha value is -3.82. The lowest BCUT2D eigenvalue weighted by Crippen LogP contribution is -2.61. The van der Waals surface area contributed by atoms with E-state index in [-0.39, 0.29) is 29.4 Å². The van der Waals surface area contributed by atoms with Crippen LogP contribution in [0.2, 0.25) is 0 Å². The molecule has 0 aromatic carbocycles. The van der Waals surface area contributed by atoms with Crippen molar-refractivity contribution in [3.8, 4) is 11.4 Å². The average Bonchev–Trinajstić information content (AvgIpc) is 3.11.